The molecule has 2 amide bonds. The second-order valence-electron chi connectivity index (χ2n) is 5.80. The van der Waals surface area contributed by atoms with E-state index in [4.69, 9.17) is 0 Å². The maximum Gasteiger partial charge on any atom is 0.233 e. The molecule has 1 saturated heterocycles. The molecule has 1 aliphatic heterocycles. The molecule has 0 aliphatic carbocycles. The number of amides is 2. The standard InChI is InChI=1S/C18H20N4O2S/c1-14(23)21-9-11-22(12-10-21)18(24)13-25-17-8-7-16(19-20-17)15-5-3-2-4-6-15/h2-8H,9-13H2,1H3. The Labute approximate surface area is 151 Å². The van der Waals surface area contributed by atoms with E-state index in [1.807, 2.05) is 42.5 Å². The Kier molecular flexibility index (Phi) is 5.65. The summed E-state index contributed by atoms with van der Waals surface area (Å²) >= 11 is 1.39. The van der Waals surface area contributed by atoms with Crippen molar-refractivity contribution in [2.75, 3.05) is 31.9 Å². The highest BCUT2D eigenvalue weighted by atomic mass is 32.2. The fourth-order valence-electron chi connectivity index (χ4n) is 2.66. The predicted molar refractivity (Wildman–Crippen MR) is 97.0 cm³/mol. The van der Waals surface area contributed by atoms with E-state index in [2.05, 4.69) is 10.2 Å². The summed E-state index contributed by atoms with van der Waals surface area (Å²) in [6.45, 7) is 3.97. The monoisotopic (exact) mass is 356 g/mol. The molecule has 3 rings (SSSR count). The van der Waals surface area contributed by atoms with Gasteiger partial charge in [-0.05, 0) is 12.1 Å². The third-order valence-electron chi connectivity index (χ3n) is 4.13. The number of piperazine rings is 1. The van der Waals surface area contributed by atoms with Crippen molar-refractivity contribution >= 4 is 23.6 Å². The average molecular weight is 356 g/mol. The fourth-order valence-corrected chi connectivity index (χ4v) is 3.37. The molecule has 7 heteroatoms. The lowest BCUT2D eigenvalue weighted by atomic mass is 10.1. The van der Waals surface area contributed by atoms with Gasteiger partial charge in [0.1, 0.15) is 5.03 Å². The molecule has 0 atom stereocenters. The molecule has 0 N–H and O–H groups in total. The Balaban J connectivity index is 1.50. The van der Waals surface area contributed by atoms with Crippen LogP contribution in [0.3, 0.4) is 0 Å². The van der Waals surface area contributed by atoms with Crippen molar-refractivity contribution in [3.63, 3.8) is 0 Å². The van der Waals surface area contributed by atoms with Crippen molar-refractivity contribution < 1.29 is 9.59 Å². The number of nitrogens with zero attached hydrogens (tertiary/aromatic N) is 4. The van der Waals surface area contributed by atoms with Crippen LogP contribution in [-0.4, -0.2) is 63.7 Å². The van der Waals surface area contributed by atoms with Gasteiger partial charge in [0, 0.05) is 38.7 Å². The first kappa shape index (κ1) is 17.4. The van der Waals surface area contributed by atoms with Gasteiger partial charge in [0.2, 0.25) is 11.8 Å². The first-order chi connectivity index (χ1) is 12.1. The molecule has 0 unspecified atom stereocenters. The number of aromatic nitrogens is 2. The maximum absolute atomic E-state index is 12.3. The molecular weight excluding hydrogens is 336 g/mol. The van der Waals surface area contributed by atoms with Crippen LogP contribution in [0.15, 0.2) is 47.5 Å². The van der Waals surface area contributed by atoms with Crippen LogP contribution >= 0.6 is 11.8 Å². The van der Waals surface area contributed by atoms with E-state index in [0.717, 1.165) is 16.3 Å². The number of benzene rings is 1. The van der Waals surface area contributed by atoms with Gasteiger partial charge in [-0.3, -0.25) is 9.59 Å². The number of hydrogen-bond acceptors (Lipinski definition) is 5. The highest BCUT2D eigenvalue weighted by molar-refractivity contribution is 7.99. The molecule has 0 spiro atoms. The van der Waals surface area contributed by atoms with Crippen molar-refractivity contribution in [3.8, 4) is 11.3 Å². The van der Waals surface area contributed by atoms with Gasteiger partial charge in [-0.2, -0.15) is 0 Å². The molecule has 130 valence electrons. The second kappa shape index (κ2) is 8.11. The topological polar surface area (TPSA) is 66.4 Å². The van der Waals surface area contributed by atoms with E-state index in [1.165, 1.54) is 11.8 Å². The van der Waals surface area contributed by atoms with Crippen LogP contribution in [0.4, 0.5) is 0 Å². The Morgan fingerprint density at radius 2 is 1.64 bits per heavy atom. The van der Waals surface area contributed by atoms with E-state index < -0.39 is 0 Å². The molecule has 1 aliphatic rings. The Hall–Kier alpha value is -2.41. The summed E-state index contributed by atoms with van der Waals surface area (Å²) in [6, 6.07) is 13.7. The zero-order chi connectivity index (χ0) is 17.6. The molecule has 0 radical (unpaired) electrons. The van der Waals surface area contributed by atoms with E-state index in [9.17, 15) is 9.59 Å². The number of rotatable bonds is 4. The molecule has 2 aromatic rings. The van der Waals surface area contributed by atoms with Gasteiger partial charge >= 0.3 is 0 Å². The molecule has 0 bridgehead atoms. The number of thioether (sulfide) groups is 1. The number of carbonyl (C=O) groups is 2. The molecule has 2 heterocycles. The maximum atomic E-state index is 12.3. The third-order valence-corrected chi connectivity index (χ3v) is 5.04. The van der Waals surface area contributed by atoms with Crippen molar-refractivity contribution in [2.45, 2.75) is 11.9 Å². The first-order valence-corrected chi connectivity index (χ1v) is 9.17. The van der Waals surface area contributed by atoms with Crippen molar-refractivity contribution in [1.82, 2.24) is 20.0 Å². The summed E-state index contributed by atoms with van der Waals surface area (Å²) in [4.78, 5) is 27.2. The van der Waals surface area contributed by atoms with Crippen molar-refractivity contribution in [1.29, 1.82) is 0 Å². The van der Waals surface area contributed by atoms with Crippen LogP contribution in [0.1, 0.15) is 6.92 Å². The average Bonchev–Trinajstić information content (AvgIpc) is 2.67. The number of carbonyl (C=O) groups excluding carboxylic acids is 2. The largest absolute Gasteiger partial charge is 0.339 e. The molecule has 6 nitrogen and oxygen atoms in total. The van der Waals surface area contributed by atoms with Crippen LogP contribution in [0.2, 0.25) is 0 Å². The van der Waals surface area contributed by atoms with Gasteiger partial charge in [0.05, 0.1) is 11.4 Å². The Morgan fingerprint density at radius 3 is 2.24 bits per heavy atom. The fraction of sp³-hybridized carbons (Fsp3) is 0.333. The minimum absolute atomic E-state index is 0.0651. The summed E-state index contributed by atoms with van der Waals surface area (Å²) < 4.78 is 0. The van der Waals surface area contributed by atoms with E-state index >= 15 is 0 Å². The van der Waals surface area contributed by atoms with Gasteiger partial charge in [-0.25, -0.2) is 0 Å². The molecule has 1 aromatic carbocycles. The highest BCUT2D eigenvalue weighted by Crippen LogP contribution is 2.20. The lowest BCUT2D eigenvalue weighted by Crippen LogP contribution is -2.50. The minimum Gasteiger partial charge on any atom is -0.339 e. The van der Waals surface area contributed by atoms with Gasteiger partial charge in [-0.15, -0.1) is 10.2 Å². The minimum atomic E-state index is 0.0651. The summed E-state index contributed by atoms with van der Waals surface area (Å²) in [5, 5.41) is 9.16. The van der Waals surface area contributed by atoms with Crippen LogP contribution in [0.5, 0.6) is 0 Å². The SMILES string of the molecule is CC(=O)N1CCN(C(=O)CSc2ccc(-c3ccccc3)nn2)CC1. The van der Waals surface area contributed by atoms with Crippen LogP contribution < -0.4 is 0 Å². The smallest absolute Gasteiger partial charge is 0.233 e. The zero-order valence-corrected chi connectivity index (χ0v) is 14.9. The van der Waals surface area contributed by atoms with E-state index in [-0.39, 0.29) is 11.8 Å². The highest BCUT2D eigenvalue weighted by Gasteiger charge is 2.22. The molecule has 25 heavy (non-hydrogen) atoms. The van der Waals surface area contributed by atoms with Crippen LogP contribution in [-0.2, 0) is 9.59 Å². The van der Waals surface area contributed by atoms with Gasteiger partial charge in [0.15, 0.2) is 0 Å². The van der Waals surface area contributed by atoms with Crippen LogP contribution in [0.25, 0.3) is 11.3 Å². The molecule has 1 aromatic heterocycles. The Morgan fingerprint density at radius 1 is 0.960 bits per heavy atom. The van der Waals surface area contributed by atoms with Crippen molar-refractivity contribution in [2.24, 2.45) is 0 Å². The molecular formula is C18H20N4O2S. The normalized spacial score (nSPS) is 14.4. The summed E-state index contributed by atoms with van der Waals surface area (Å²) in [5.41, 5.74) is 1.84. The van der Waals surface area contributed by atoms with Gasteiger partial charge < -0.3 is 9.80 Å². The quantitative estimate of drug-likeness (QED) is 0.783. The summed E-state index contributed by atoms with van der Waals surface area (Å²) in [7, 11) is 0. The van der Waals surface area contributed by atoms with E-state index in [1.54, 1.807) is 16.7 Å². The summed E-state index contributed by atoms with van der Waals surface area (Å²) in [6.07, 6.45) is 0. The lowest BCUT2D eigenvalue weighted by molar-refractivity contribution is -0.136. The van der Waals surface area contributed by atoms with Gasteiger partial charge in [0.25, 0.3) is 0 Å². The van der Waals surface area contributed by atoms with Crippen LogP contribution in [0, 0.1) is 0 Å². The first-order valence-electron chi connectivity index (χ1n) is 8.19. The van der Waals surface area contributed by atoms with Crippen molar-refractivity contribution in [3.05, 3.63) is 42.5 Å². The second-order valence-corrected chi connectivity index (χ2v) is 6.79. The lowest BCUT2D eigenvalue weighted by Gasteiger charge is -2.34. The zero-order valence-electron chi connectivity index (χ0n) is 14.1. The number of hydrogen-bond donors (Lipinski definition) is 0. The molecule has 1 fully saturated rings. The summed E-state index contributed by atoms with van der Waals surface area (Å²) in [5.74, 6) is 0.469. The van der Waals surface area contributed by atoms with Gasteiger partial charge in [-0.1, -0.05) is 42.1 Å². The molecule has 0 saturated carbocycles. The predicted octanol–water partition coefficient (Wildman–Crippen LogP) is 1.93. The Bertz CT molecular complexity index is 729. The third kappa shape index (κ3) is 4.57. The van der Waals surface area contributed by atoms with E-state index in [0.29, 0.717) is 31.9 Å².